The summed E-state index contributed by atoms with van der Waals surface area (Å²) in [6.45, 7) is 8.19. The molecule has 21 heavy (non-hydrogen) atoms. The van der Waals surface area contributed by atoms with Crippen molar-refractivity contribution >= 4 is 11.8 Å². The van der Waals surface area contributed by atoms with Gasteiger partial charge in [-0.05, 0) is 73.7 Å². The van der Waals surface area contributed by atoms with Gasteiger partial charge in [-0.1, -0.05) is 26.8 Å². The lowest BCUT2D eigenvalue weighted by Crippen LogP contribution is -2.46. The lowest BCUT2D eigenvalue weighted by Gasteiger charge is -2.39. The van der Waals surface area contributed by atoms with Gasteiger partial charge in [-0.15, -0.1) is 11.8 Å². The normalized spacial score (nSPS) is 32.1. The van der Waals surface area contributed by atoms with Crippen molar-refractivity contribution < 1.29 is 0 Å². The zero-order valence-electron chi connectivity index (χ0n) is 13.7. The summed E-state index contributed by atoms with van der Waals surface area (Å²) in [6, 6.07) is 7.89. The molecule has 2 aliphatic rings. The van der Waals surface area contributed by atoms with E-state index in [2.05, 4.69) is 56.0 Å². The maximum atomic E-state index is 3.75. The summed E-state index contributed by atoms with van der Waals surface area (Å²) in [5, 5.41) is 4.47. The third-order valence-corrected chi connectivity index (χ3v) is 6.79. The number of aryl methyl sites for hydroxylation is 2. The summed E-state index contributed by atoms with van der Waals surface area (Å²) >= 11 is 2.13. The van der Waals surface area contributed by atoms with E-state index in [1.165, 1.54) is 37.0 Å². The van der Waals surface area contributed by atoms with Gasteiger partial charge < -0.3 is 5.32 Å². The number of fused-ring (bicyclic) bond motifs is 1. The van der Waals surface area contributed by atoms with Gasteiger partial charge in [0.25, 0.3) is 0 Å². The summed E-state index contributed by atoms with van der Waals surface area (Å²) in [6.07, 6.45) is 6.64. The highest BCUT2D eigenvalue weighted by molar-refractivity contribution is 8.00. The first-order chi connectivity index (χ1) is 10.2. The molecule has 0 aromatic heterocycles. The molecule has 2 heteroatoms. The Kier molecular flexibility index (Phi) is 4.96. The van der Waals surface area contributed by atoms with Crippen molar-refractivity contribution in [2.24, 2.45) is 11.8 Å². The van der Waals surface area contributed by atoms with Crippen molar-refractivity contribution in [3.05, 3.63) is 29.3 Å². The lowest BCUT2D eigenvalue weighted by atomic mass is 9.80. The Morgan fingerprint density at radius 1 is 1.14 bits per heavy atom. The molecule has 0 spiro atoms. The summed E-state index contributed by atoms with van der Waals surface area (Å²) in [5.41, 5.74) is 3.20. The number of hydrogen-bond acceptors (Lipinski definition) is 2. The van der Waals surface area contributed by atoms with Gasteiger partial charge in [-0.3, -0.25) is 0 Å². The zero-order valence-corrected chi connectivity index (χ0v) is 14.5. The van der Waals surface area contributed by atoms with Gasteiger partial charge in [0.1, 0.15) is 0 Å². The average molecular weight is 304 g/mol. The Hall–Kier alpha value is -0.470. The van der Waals surface area contributed by atoms with E-state index in [1.54, 1.807) is 11.1 Å². The molecule has 0 heterocycles. The Bertz CT molecular complexity index is 484. The van der Waals surface area contributed by atoms with E-state index >= 15 is 0 Å². The van der Waals surface area contributed by atoms with Crippen molar-refractivity contribution in [1.82, 2.24) is 5.32 Å². The van der Waals surface area contributed by atoms with Crippen LogP contribution < -0.4 is 5.32 Å². The van der Waals surface area contributed by atoms with Crippen molar-refractivity contribution in [1.29, 1.82) is 0 Å². The van der Waals surface area contributed by atoms with Crippen LogP contribution in [0.2, 0.25) is 0 Å². The van der Waals surface area contributed by atoms with Crippen LogP contribution in [-0.4, -0.2) is 17.8 Å². The minimum absolute atomic E-state index is 0.673. The van der Waals surface area contributed by atoms with Crippen LogP contribution in [0.15, 0.2) is 23.1 Å². The molecule has 1 N–H and O–H groups in total. The molecule has 1 fully saturated rings. The van der Waals surface area contributed by atoms with Crippen molar-refractivity contribution in [3.63, 3.8) is 0 Å². The van der Waals surface area contributed by atoms with Crippen LogP contribution in [0.5, 0.6) is 0 Å². The van der Waals surface area contributed by atoms with Crippen LogP contribution in [0.3, 0.4) is 0 Å². The molecule has 4 atom stereocenters. The Morgan fingerprint density at radius 2 is 1.95 bits per heavy atom. The maximum absolute atomic E-state index is 3.75. The molecule has 0 amide bonds. The highest BCUT2D eigenvalue weighted by Crippen LogP contribution is 2.40. The zero-order chi connectivity index (χ0) is 14.8. The molecule has 0 saturated heterocycles. The second-order valence-corrected chi connectivity index (χ2v) is 8.34. The number of rotatable bonds is 4. The summed E-state index contributed by atoms with van der Waals surface area (Å²) in [5.74, 6) is 1.66. The first kappa shape index (κ1) is 15.4. The SMILES string of the molecule is CCNC1CC(C)CC(C)C1Sc1ccc2c(c1)CCC2. The van der Waals surface area contributed by atoms with E-state index in [-0.39, 0.29) is 0 Å². The smallest absolute Gasteiger partial charge is 0.0274 e. The summed E-state index contributed by atoms with van der Waals surface area (Å²) in [7, 11) is 0. The van der Waals surface area contributed by atoms with E-state index in [0.29, 0.717) is 6.04 Å². The van der Waals surface area contributed by atoms with Crippen LogP contribution >= 0.6 is 11.8 Å². The first-order valence-corrected chi connectivity index (χ1v) is 9.57. The molecule has 116 valence electrons. The third-order valence-electron chi connectivity index (χ3n) is 5.20. The fraction of sp³-hybridized carbons (Fsp3) is 0.684. The van der Waals surface area contributed by atoms with E-state index in [4.69, 9.17) is 0 Å². The van der Waals surface area contributed by atoms with Crippen molar-refractivity contribution in [3.8, 4) is 0 Å². The predicted molar refractivity (Wildman–Crippen MR) is 93.1 cm³/mol. The van der Waals surface area contributed by atoms with Crippen LogP contribution in [0.1, 0.15) is 51.2 Å². The molecule has 1 saturated carbocycles. The molecule has 0 radical (unpaired) electrons. The third kappa shape index (κ3) is 3.48. The second kappa shape index (κ2) is 6.75. The van der Waals surface area contributed by atoms with E-state index < -0.39 is 0 Å². The molecule has 1 aromatic carbocycles. The molecule has 0 bridgehead atoms. The highest BCUT2D eigenvalue weighted by Gasteiger charge is 2.34. The van der Waals surface area contributed by atoms with Crippen LogP contribution in [0.25, 0.3) is 0 Å². The molecule has 1 nitrogen and oxygen atoms in total. The quantitative estimate of drug-likeness (QED) is 0.866. The van der Waals surface area contributed by atoms with Gasteiger partial charge in [0.05, 0.1) is 0 Å². The summed E-state index contributed by atoms with van der Waals surface area (Å²) < 4.78 is 0. The number of benzene rings is 1. The Morgan fingerprint density at radius 3 is 2.76 bits per heavy atom. The molecule has 4 unspecified atom stereocenters. The van der Waals surface area contributed by atoms with Crippen molar-refractivity contribution in [2.45, 2.75) is 69.1 Å². The molecule has 2 aliphatic carbocycles. The molecular weight excluding hydrogens is 274 g/mol. The molecular formula is C19H29NS. The minimum Gasteiger partial charge on any atom is -0.313 e. The van der Waals surface area contributed by atoms with Crippen LogP contribution in [0, 0.1) is 11.8 Å². The van der Waals surface area contributed by atoms with Gasteiger partial charge >= 0.3 is 0 Å². The van der Waals surface area contributed by atoms with E-state index in [9.17, 15) is 0 Å². The fourth-order valence-corrected chi connectivity index (χ4v) is 5.65. The summed E-state index contributed by atoms with van der Waals surface area (Å²) in [4.78, 5) is 1.49. The largest absolute Gasteiger partial charge is 0.313 e. The number of nitrogens with one attached hydrogen (secondary N) is 1. The van der Waals surface area contributed by atoms with Gasteiger partial charge in [0, 0.05) is 16.2 Å². The molecule has 3 rings (SSSR count). The lowest BCUT2D eigenvalue weighted by molar-refractivity contribution is 0.251. The standard InChI is InChI=1S/C19H29NS/c1-4-20-18-11-13(2)10-14(3)19(18)21-17-9-8-15-6-5-7-16(15)12-17/h8-9,12-14,18-20H,4-7,10-11H2,1-3H3. The minimum atomic E-state index is 0.673. The predicted octanol–water partition coefficient (Wildman–Crippen LogP) is 4.68. The van der Waals surface area contributed by atoms with E-state index in [1.807, 2.05) is 0 Å². The van der Waals surface area contributed by atoms with Crippen molar-refractivity contribution in [2.75, 3.05) is 6.54 Å². The monoisotopic (exact) mass is 303 g/mol. The highest BCUT2D eigenvalue weighted by atomic mass is 32.2. The van der Waals surface area contributed by atoms with Gasteiger partial charge in [-0.2, -0.15) is 0 Å². The molecule has 1 aromatic rings. The van der Waals surface area contributed by atoms with E-state index in [0.717, 1.165) is 23.6 Å². The maximum Gasteiger partial charge on any atom is 0.0274 e. The van der Waals surface area contributed by atoms with Gasteiger partial charge in [0.15, 0.2) is 0 Å². The topological polar surface area (TPSA) is 12.0 Å². The van der Waals surface area contributed by atoms with Gasteiger partial charge in [0.2, 0.25) is 0 Å². The Labute approximate surface area is 134 Å². The fourth-order valence-electron chi connectivity index (χ4n) is 4.27. The first-order valence-electron chi connectivity index (χ1n) is 8.69. The van der Waals surface area contributed by atoms with Crippen LogP contribution in [-0.2, 0) is 12.8 Å². The number of thioether (sulfide) groups is 1. The Balaban J connectivity index is 1.74. The molecule has 0 aliphatic heterocycles. The average Bonchev–Trinajstić information content (AvgIpc) is 2.90. The second-order valence-electron chi connectivity index (χ2n) is 7.08. The van der Waals surface area contributed by atoms with Gasteiger partial charge in [-0.25, -0.2) is 0 Å². The van der Waals surface area contributed by atoms with Crippen LogP contribution in [0.4, 0.5) is 0 Å². The number of hydrogen-bond donors (Lipinski definition) is 1.